The number of ether oxygens (including phenoxy) is 2. The molecule has 0 radical (unpaired) electrons. The number of morpholine rings is 1. The Hall–Kier alpha value is -2.49. The number of rotatable bonds is 8. The third-order valence-electron chi connectivity index (χ3n) is 4.27. The quantitative estimate of drug-likeness (QED) is 0.548. The molecule has 8 nitrogen and oxygen atoms in total. The maximum absolute atomic E-state index is 12.2. The van der Waals surface area contributed by atoms with Crippen LogP contribution in [0.3, 0.4) is 0 Å². The van der Waals surface area contributed by atoms with Gasteiger partial charge < -0.3 is 14.8 Å². The van der Waals surface area contributed by atoms with Gasteiger partial charge in [-0.25, -0.2) is 0 Å². The lowest BCUT2D eigenvalue weighted by Gasteiger charge is -2.34. The van der Waals surface area contributed by atoms with Crippen LogP contribution < -0.4 is 10.1 Å². The molecule has 1 aliphatic rings. The molecule has 0 unspecified atom stereocenters. The molecule has 1 atom stereocenters. The van der Waals surface area contributed by atoms with E-state index in [4.69, 9.17) is 9.47 Å². The topological polar surface area (TPSA) is 93.9 Å². The van der Waals surface area contributed by atoms with E-state index < -0.39 is 4.92 Å². The first-order chi connectivity index (χ1) is 13.1. The number of amides is 1. The number of nitrogens with zero attached hydrogens (tertiary/aromatic N) is 2. The first-order valence-electron chi connectivity index (χ1n) is 8.63. The molecule has 144 valence electrons. The van der Waals surface area contributed by atoms with Crippen molar-refractivity contribution in [3.8, 4) is 5.75 Å². The Labute approximate surface area is 160 Å². The van der Waals surface area contributed by atoms with Crippen molar-refractivity contribution in [1.82, 2.24) is 10.2 Å². The molecule has 9 heteroatoms. The summed E-state index contributed by atoms with van der Waals surface area (Å²) in [6, 6.07) is 10.1. The average Bonchev–Trinajstić information content (AvgIpc) is 3.22. The first-order valence-corrected chi connectivity index (χ1v) is 9.51. The summed E-state index contributed by atoms with van der Waals surface area (Å²) in [6.07, 6.45) is 0. The largest absolute Gasteiger partial charge is 0.477 e. The van der Waals surface area contributed by atoms with E-state index in [1.165, 1.54) is 17.0 Å². The van der Waals surface area contributed by atoms with Gasteiger partial charge >= 0.3 is 5.69 Å². The van der Waals surface area contributed by atoms with Gasteiger partial charge in [0.2, 0.25) is 0 Å². The summed E-state index contributed by atoms with van der Waals surface area (Å²) in [4.78, 5) is 26.1. The molecular formula is C18H21N3O5S. The third-order valence-corrected chi connectivity index (χ3v) is 5.24. The minimum absolute atomic E-state index is 0.0731. The number of nitrogens with one attached hydrogen (secondary N) is 1. The van der Waals surface area contributed by atoms with E-state index in [1.807, 2.05) is 11.4 Å². The van der Waals surface area contributed by atoms with Gasteiger partial charge in [-0.15, -0.1) is 11.3 Å². The van der Waals surface area contributed by atoms with Crippen molar-refractivity contribution in [2.24, 2.45) is 0 Å². The van der Waals surface area contributed by atoms with Gasteiger partial charge in [0.25, 0.3) is 5.91 Å². The molecule has 27 heavy (non-hydrogen) atoms. The van der Waals surface area contributed by atoms with Crippen molar-refractivity contribution in [3.05, 3.63) is 56.8 Å². The van der Waals surface area contributed by atoms with E-state index in [1.54, 1.807) is 23.5 Å². The van der Waals surface area contributed by atoms with E-state index in [2.05, 4.69) is 16.3 Å². The van der Waals surface area contributed by atoms with Gasteiger partial charge in [0.1, 0.15) is 0 Å². The fourth-order valence-electron chi connectivity index (χ4n) is 2.91. The van der Waals surface area contributed by atoms with Gasteiger partial charge in [-0.05, 0) is 17.5 Å². The van der Waals surface area contributed by atoms with Crippen LogP contribution in [0.15, 0.2) is 41.8 Å². The van der Waals surface area contributed by atoms with Gasteiger partial charge in [-0.1, -0.05) is 18.2 Å². The molecule has 1 aliphatic heterocycles. The first kappa shape index (κ1) is 19.3. The normalized spacial score (nSPS) is 15.9. The fourth-order valence-corrected chi connectivity index (χ4v) is 3.78. The van der Waals surface area contributed by atoms with Gasteiger partial charge in [-0.3, -0.25) is 19.8 Å². The second-order valence-electron chi connectivity index (χ2n) is 6.00. The van der Waals surface area contributed by atoms with Crippen LogP contribution in [0.2, 0.25) is 0 Å². The van der Waals surface area contributed by atoms with Crippen LogP contribution in [-0.2, 0) is 9.53 Å². The molecule has 0 saturated carbocycles. The van der Waals surface area contributed by atoms with Crippen LogP contribution >= 0.6 is 11.3 Å². The Kier molecular flexibility index (Phi) is 6.74. The third kappa shape index (κ3) is 5.25. The summed E-state index contributed by atoms with van der Waals surface area (Å²) in [5.41, 5.74) is -0.157. The van der Waals surface area contributed by atoms with Crippen molar-refractivity contribution in [1.29, 1.82) is 0 Å². The summed E-state index contributed by atoms with van der Waals surface area (Å²) in [6.45, 7) is 3.15. The molecule has 1 N–H and O–H groups in total. The summed E-state index contributed by atoms with van der Waals surface area (Å²) in [7, 11) is 0. The minimum Gasteiger partial charge on any atom is -0.477 e. The molecule has 1 saturated heterocycles. The van der Waals surface area contributed by atoms with Gasteiger partial charge in [0.15, 0.2) is 12.4 Å². The zero-order valence-electron chi connectivity index (χ0n) is 14.7. The highest BCUT2D eigenvalue weighted by atomic mass is 32.1. The fraction of sp³-hybridized carbons (Fsp3) is 0.389. The van der Waals surface area contributed by atoms with Crippen LogP contribution in [0.25, 0.3) is 0 Å². The van der Waals surface area contributed by atoms with Crippen LogP contribution in [0, 0.1) is 10.1 Å². The molecule has 1 aromatic carbocycles. The van der Waals surface area contributed by atoms with Crippen LogP contribution in [0.5, 0.6) is 5.75 Å². The van der Waals surface area contributed by atoms with Crippen molar-refractivity contribution in [2.45, 2.75) is 6.04 Å². The van der Waals surface area contributed by atoms with E-state index in [9.17, 15) is 14.9 Å². The second-order valence-corrected chi connectivity index (χ2v) is 6.98. The van der Waals surface area contributed by atoms with Crippen molar-refractivity contribution >= 4 is 22.9 Å². The van der Waals surface area contributed by atoms with Crippen LogP contribution in [0.1, 0.15) is 10.9 Å². The van der Waals surface area contributed by atoms with E-state index in [-0.39, 0.29) is 30.0 Å². The molecule has 3 rings (SSSR count). The summed E-state index contributed by atoms with van der Waals surface area (Å²) < 4.78 is 10.8. The predicted molar refractivity (Wildman–Crippen MR) is 101 cm³/mol. The Balaban J connectivity index is 1.56. The number of hydrogen-bond donors (Lipinski definition) is 1. The molecule has 1 aromatic heterocycles. The number of nitro benzene ring substituents is 1. The van der Waals surface area contributed by atoms with Crippen molar-refractivity contribution < 1.29 is 19.2 Å². The van der Waals surface area contributed by atoms with Crippen LogP contribution in [0.4, 0.5) is 5.69 Å². The number of thiophene rings is 1. The molecule has 2 heterocycles. The number of nitro groups is 1. The highest BCUT2D eigenvalue weighted by Gasteiger charge is 2.24. The molecule has 1 fully saturated rings. The molecule has 1 amide bonds. The van der Waals surface area contributed by atoms with Crippen molar-refractivity contribution in [3.63, 3.8) is 0 Å². The Morgan fingerprint density at radius 2 is 2.07 bits per heavy atom. The Morgan fingerprint density at radius 1 is 1.30 bits per heavy atom. The maximum Gasteiger partial charge on any atom is 0.310 e. The maximum atomic E-state index is 12.2. The zero-order valence-corrected chi connectivity index (χ0v) is 15.5. The lowest BCUT2D eigenvalue weighted by Crippen LogP contribution is -2.44. The number of carbonyl (C=O) groups is 1. The average molecular weight is 391 g/mol. The smallest absolute Gasteiger partial charge is 0.310 e. The number of hydrogen-bond acceptors (Lipinski definition) is 7. The predicted octanol–water partition coefficient (Wildman–Crippen LogP) is 2.22. The molecule has 0 spiro atoms. The highest BCUT2D eigenvalue weighted by molar-refractivity contribution is 7.10. The SMILES string of the molecule is O=C(COc1ccccc1[N+](=O)[O-])NC[C@H](c1cccs1)N1CCOCC1. The number of para-hydroxylation sites is 2. The van der Waals surface area contributed by atoms with E-state index in [0.29, 0.717) is 19.8 Å². The van der Waals surface area contributed by atoms with Gasteiger partial charge in [-0.2, -0.15) is 0 Å². The standard InChI is InChI=1S/C18H21N3O5S/c22-18(13-26-16-5-2-1-4-14(16)21(23)24)19-12-15(17-6-3-11-27-17)20-7-9-25-10-8-20/h1-6,11,15H,7-10,12-13H2,(H,19,22)/t15-/m1/s1. The second kappa shape index (κ2) is 9.45. The lowest BCUT2D eigenvalue weighted by molar-refractivity contribution is -0.385. The summed E-state index contributed by atoms with van der Waals surface area (Å²) in [5.74, 6) is -0.233. The number of carbonyl (C=O) groups excluding carboxylic acids is 1. The summed E-state index contributed by atoms with van der Waals surface area (Å²) in [5, 5.41) is 15.9. The Morgan fingerprint density at radius 3 is 2.78 bits per heavy atom. The van der Waals surface area contributed by atoms with Gasteiger partial charge in [0, 0.05) is 30.6 Å². The lowest BCUT2D eigenvalue weighted by atomic mass is 10.2. The highest BCUT2D eigenvalue weighted by Crippen LogP contribution is 2.26. The van der Waals surface area contributed by atoms with E-state index in [0.717, 1.165) is 13.1 Å². The van der Waals surface area contributed by atoms with E-state index >= 15 is 0 Å². The summed E-state index contributed by atoms with van der Waals surface area (Å²) >= 11 is 1.65. The van der Waals surface area contributed by atoms with Gasteiger partial charge in [0.05, 0.1) is 24.2 Å². The zero-order chi connectivity index (χ0) is 19.1. The molecule has 0 aliphatic carbocycles. The Bertz CT molecular complexity index is 762. The minimum atomic E-state index is -0.529. The van der Waals surface area contributed by atoms with Crippen LogP contribution in [-0.4, -0.2) is 55.2 Å². The molecule has 0 bridgehead atoms. The monoisotopic (exact) mass is 391 g/mol. The number of benzene rings is 1. The molecular weight excluding hydrogens is 370 g/mol. The van der Waals surface area contributed by atoms with Crippen molar-refractivity contribution in [2.75, 3.05) is 39.5 Å². The molecule has 2 aromatic rings.